The van der Waals surface area contributed by atoms with E-state index in [1.807, 2.05) is 17.0 Å². The van der Waals surface area contributed by atoms with Crippen molar-refractivity contribution in [2.24, 2.45) is 17.8 Å². The van der Waals surface area contributed by atoms with Gasteiger partial charge in [0.2, 0.25) is 5.91 Å². The van der Waals surface area contributed by atoms with Crippen molar-refractivity contribution in [1.82, 2.24) is 0 Å². The second kappa shape index (κ2) is 3.50. The Morgan fingerprint density at radius 1 is 1.22 bits per heavy atom. The summed E-state index contributed by atoms with van der Waals surface area (Å²) >= 11 is 0. The van der Waals surface area contributed by atoms with Crippen LogP contribution in [0.5, 0.6) is 0 Å². The molecule has 2 N–H and O–H groups in total. The first-order valence-corrected chi connectivity index (χ1v) is 6.92. The van der Waals surface area contributed by atoms with E-state index in [-0.39, 0.29) is 5.92 Å². The summed E-state index contributed by atoms with van der Waals surface area (Å²) in [5, 5.41) is 0. The summed E-state index contributed by atoms with van der Waals surface area (Å²) in [7, 11) is 0. The second-order valence-electron chi connectivity index (χ2n) is 6.05. The highest BCUT2D eigenvalue weighted by atomic mass is 16.2. The van der Waals surface area contributed by atoms with Crippen LogP contribution in [-0.4, -0.2) is 12.5 Å². The maximum Gasteiger partial charge on any atom is 0.230 e. The molecule has 18 heavy (non-hydrogen) atoms. The summed E-state index contributed by atoms with van der Waals surface area (Å²) in [6.07, 6.45) is 4.59. The Bertz CT molecular complexity index is 515. The van der Waals surface area contributed by atoms with Gasteiger partial charge in [-0.25, -0.2) is 0 Å². The van der Waals surface area contributed by atoms with Gasteiger partial charge in [-0.3, -0.25) is 4.79 Å². The summed E-state index contributed by atoms with van der Waals surface area (Å²) in [5.74, 6) is 2.34. The van der Waals surface area contributed by atoms with Crippen LogP contribution >= 0.6 is 0 Å². The van der Waals surface area contributed by atoms with E-state index >= 15 is 0 Å². The van der Waals surface area contributed by atoms with Crippen LogP contribution in [0.2, 0.25) is 0 Å². The Labute approximate surface area is 107 Å². The Balaban J connectivity index is 1.59. The van der Waals surface area contributed by atoms with Crippen LogP contribution < -0.4 is 10.6 Å². The molecule has 94 valence electrons. The van der Waals surface area contributed by atoms with Crippen LogP contribution in [0, 0.1) is 17.8 Å². The van der Waals surface area contributed by atoms with Crippen LogP contribution in [0.25, 0.3) is 0 Å². The number of carbonyl (C=O) groups is 1. The van der Waals surface area contributed by atoms with Crippen molar-refractivity contribution in [3.8, 4) is 0 Å². The number of hydrogen-bond donors (Lipinski definition) is 1. The highest BCUT2D eigenvalue weighted by Crippen LogP contribution is 2.55. The molecule has 3 aliphatic rings. The van der Waals surface area contributed by atoms with Crippen LogP contribution in [0.3, 0.4) is 0 Å². The second-order valence-corrected chi connectivity index (χ2v) is 6.05. The fourth-order valence-corrected chi connectivity index (χ4v) is 3.76. The van der Waals surface area contributed by atoms with Crippen molar-refractivity contribution in [2.45, 2.75) is 25.7 Å². The summed E-state index contributed by atoms with van der Waals surface area (Å²) in [6.45, 7) is 0.837. The van der Waals surface area contributed by atoms with Gasteiger partial charge in [-0.15, -0.1) is 0 Å². The highest BCUT2D eigenvalue weighted by molar-refractivity contribution is 5.97. The van der Waals surface area contributed by atoms with E-state index in [4.69, 9.17) is 5.73 Å². The number of hydrogen-bond acceptors (Lipinski definition) is 2. The largest absolute Gasteiger partial charge is 0.399 e. The van der Waals surface area contributed by atoms with E-state index in [9.17, 15) is 4.79 Å². The van der Waals surface area contributed by atoms with Gasteiger partial charge in [0.25, 0.3) is 0 Å². The first-order chi connectivity index (χ1) is 8.72. The van der Waals surface area contributed by atoms with Crippen molar-refractivity contribution in [2.75, 3.05) is 17.2 Å². The minimum absolute atomic E-state index is 0.279. The van der Waals surface area contributed by atoms with E-state index in [0.29, 0.717) is 5.91 Å². The number of rotatable bonds is 1. The third-order valence-corrected chi connectivity index (χ3v) is 4.86. The van der Waals surface area contributed by atoms with E-state index in [1.165, 1.54) is 12.0 Å². The van der Waals surface area contributed by atoms with Gasteiger partial charge in [0.15, 0.2) is 0 Å². The number of fused-ring (bicyclic) bond motifs is 2. The number of carbonyl (C=O) groups excluding carboxylic acids is 1. The Morgan fingerprint density at radius 3 is 2.78 bits per heavy atom. The molecule has 2 atom stereocenters. The number of nitrogens with two attached hydrogens (primary N) is 1. The SMILES string of the molecule is Nc1ccc2c(c1)N(C(=O)C1CC3CC3C1)CC2. The first kappa shape index (κ1) is 10.4. The average molecular weight is 242 g/mol. The molecule has 2 aliphatic carbocycles. The van der Waals surface area contributed by atoms with Crippen molar-refractivity contribution in [3.63, 3.8) is 0 Å². The summed E-state index contributed by atoms with van der Waals surface area (Å²) in [4.78, 5) is 14.5. The molecule has 0 spiro atoms. The third-order valence-electron chi connectivity index (χ3n) is 4.86. The maximum absolute atomic E-state index is 12.6. The molecule has 4 rings (SSSR count). The number of nitrogens with zero attached hydrogens (tertiary/aromatic N) is 1. The molecule has 0 saturated heterocycles. The molecule has 2 fully saturated rings. The normalized spacial score (nSPS) is 32.2. The monoisotopic (exact) mass is 242 g/mol. The van der Waals surface area contributed by atoms with Crippen molar-refractivity contribution in [1.29, 1.82) is 0 Å². The number of benzene rings is 1. The summed E-state index contributed by atoms with van der Waals surface area (Å²) in [6, 6.07) is 5.94. The Kier molecular flexibility index (Phi) is 2.02. The fraction of sp³-hybridized carbons (Fsp3) is 0.533. The molecule has 1 aliphatic heterocycles. The zero-order chi connectivity index (χ0) is 12.3. The minimum atomic E-state index is 0.279. The average Bonchev–Trinajstić information content (AvgIpc) is 2.82. The van der Waals surface area contributed by atoms with E-state index < -0.39 is 0 Å². The lowest BCUT2D eigenvalue weighted by molar-refractivity contribution is -0.122. The lowest BCUT2D eigenvalue weighted by Crippen LogP contribution is -2.34. The molecule has 3 heteroatoms. The van der Waals surface area contributed by atoms with Crippen molar-refractivity contribution in [3.05, 3.63) is 23.8 Å². The van der Waals surface area contributed by atoms with Gasteiger partial charge in [-0.05, 0) is 55.2 Å². The molecule has 1 aromatic rings. The molecular formula is C15H18N2O. The predicted molar refractivity (Wildman–Crippen MR) is 71.2 cm³/mol. The third kappa shape index (κ3) is 1.46. The quantitative estimate of drug-likeness (QED) is 0.767. The molecule has 2 unspecified atom stereocenters. The Morgan fingerprint density at radius 2 is 2.00 bits per heavy atom. The molecule has 1 aromatic carbocycles. The molecule has 0 bridgehead atoms. The number of anilines is 2. The number of amides is 1. The van der Waals surface area contributed by atoms with E-state index in [2.05, 4.69) is 6.07 Å². The van der Waals surface area contributed by atoms with E-state index in [1.54, 1.807) is 0 Å². The zero-order valence-electron chi connectivity index (χ0n) is 10.4. The molecule has 2 saturated carbocycles. The zero-order valence-corrected chi connectivity index (χ0v) is 10.4. The Hall–Kier alpha value is -1.51. The van der Waals surface area contributed by atoms with Gasteiger partial charge >= 0.3 is 0 Å². The molecule has 3 nitrogen and oxygen atoms in total. The molecule has 0 aromatic heterocycles. The standard InChI is InChI=1S/C15H18N2O/c16-13-2-1-9-3-4-17(14(9)8-13)15(18)12-6-10-5-11(10)7-12/h1-2,8,10-12H,3-7,16H2. The first-order valence-electron chi connectivity index (χ1n) is 6.92. The fourth-order valence-electron chi connectivity index (χ4n) is 3.76. The topological polar surface area (TPSA) is 46.3 Å². The van der Waals surface area contributed by atoms with Crippen LogP contribution in [0.15, 0.2) is 18.2 Å². The van der Waals surface area contributed by atoms with Crippen molar-refractivity contribution >= 4 is 17.3 Å². The molecule has 1 amide bonds. The molecule has 1 heterocycles. The van der Waals surface area contributed by atoms with Gasteiger partial charge in [0, 0.05) is 23.8 Å². The van der Waals surface area contributed by atoms with Crippen LogP contribution in [-0.2, 0) is 11.2 Å². The predicted octanol–water partition coefficient (Wildman–Crippen LogP) is 2.20. The lowest BCUT2D eigenvalue weighted by Gasteiger charge is -2.22. The van der Waals surface area contributed by atoms with Gasteiger partial charge in [0.1, 0.15) is 0 Å². The molecule has 0 radical (unpaired) electrons. The van der Waals surface area contributed by atoms with Crippen molar-refractivity contribution < 1.29 is 4.79 Å². The highest BCUT2D eigenvalue weighted by Gasteiger charge is 2.49. The van der Waals surface area contributed by atoms with E-state index in [0.717, 1.165) is 49.0 Å². The van der Waals surface area contributed by atoms with Crippen LogP contribution in [0.4, 0.5) is 11.4 Å². The smallest absolute Gasteiger partial charge is 0.230 e. The minimum Gasteiger partial charge on any atom is -0.399 e. The van der Waals surface area contributed by atoms with Gasteiger partial charge in [-0.1, -0.05) is 6.07 Å². The maximum atomic E-state index is 12.6. The van der Waals surface area contributed by atoms with Gasteiger partial charge < -0.3 is 10.6 Å². The van der Waals surface area contributed by atoms with Gasteiger partial charge in [-0.2, -0.15) is 0 Å². The summed E-state index contributed by atoms with van der Waals surface area (Å²) in [5.41, 5.74) is 8.91. The molecular weight excluding hydrogens is 224 g/mol. The summed E-state index contributed by atoms with van der Waals surface area (Å²) < 4.78 is 0. The lowest BCUT2D eigenvalue weighted by atomic mass is 10.0. The van der Waals surface area contributed by atoms with Crippen LogP contribution in [0.1, 0.15) is 24.8 Å². The number of nitrogen functional groups attached to an aromatic ring is 1. The van der Waals surface area contributed by atoms with Gasteiger partial charge in [0.05, 0.1) is 0 Å².